The summed E-state index contributed by atoms with van der Waals surface area (Å²) in [6, 6.07) is 0. The van der Waals surface area contributed by atoms with E-state index in [1.54, 1.807) is 5.57 Å². The molecule has 3 nitrogen and oxygen atoms in total. The quantitative estimate of drug-likeness (QED) is 0.357. The SMILES string of the molecule is [CH2]CC(c1ncc[nH]1)C1C[C@H](O)CC2=CC[C@H]3[C@@H]4CC[C@H]([C@H](C)CCCC(C)C)[C@@]4(C)CC[C@@H]3[C@]21C. The monoisotopic (exact) mass is 493 g/mol. The molecule has 0 spiro atoms. The van der Waals surface area contributed by atoms with Gasteiger partial charge in [-0.25, -0.2) is 4.98 Å². The number of nitrogens with one attached hydrogen (secondary N) is 1. The standard InChI is InChI=1S/C33H53N2O/c1-7-25(31-34-17-18-35-31)30-20-24(36)19-23-11-12-26-28-14-13-27(22(4)10-8-9-21(2)3)32(28,5)16-15-29(26)33(23,30)6/h11,17-18,21-22,24-30,36H,1,7-10,12-16,19-20H2,2-6H3,(H,34,35)/t22-,24-,25?,26+,27-,28+,29+,30?,32-,33+/m1/s1. The second kappa shape index (κ2) is 10.2. The number of rotatable bonds is 8. The average Bonchev–Trinajstić information content (AvgIpc) is 3.48. The van der Waals surface area contributed by atoms with Gasteiger partial charge in [-0.2, -0.15) is 0 Å². The van der Waals surface area contributed by atoms with Crippen LogP contribution in [0.15, 0.2) is 24.0 Å². The average molecular weight is 494 g/mol. The normalized spacial score (nSPS) is 41.8. The molecule has 4 aliphatic rings. The van der Waals surface area contributed by atoms with Gasteiger partial charge in [0.2, 0.25) is 0 Å². The Hall–Kier alpha value is -1.09. The van der Waals surface area contributed by atoms with Crippen LogP contribution in [0.25, 0.3) is 0 Å². The van der Waals surface area contributed by atoms with E-state index in [-0.39, 0.29) is 17.4 Å². The zero-order valence-corrected chi connectivity index (χ0v) is 23.8. The summed E-state index contributed by atoms with van der Waals surface area (Å²) >= 11 is 0. The van der Waals surface area contributed by atoms with Crippen molar-refractivity contribution in [3.05, 3.63) is 36.8 Å². The third-order valence-corrected chi connectivity index (χ3v) is 12.2. The molecule has 1 aromatic heterocycles. The minimum Gasteiger partial charge on any atom is -0.393 e. The Morgan fingerprint density at radius 3 is 2.61 bits per heavy atom. The van der Waals surface area contributed by atoms with Crippen molar-refractivity contribution in [2.24, 2.45) is 52.3 Å². The van der Waals surface area contributed by atoms with Crippen LogP contribution >= 0.6 is 0 Å². The van der Waals surface area contributed by atoms with Gasteiger partial charge in [-0.1, -0.05) is 72.5 Å². The Kier molecular flexibility index (Phi) is 7.54. The summed E-state index contributed by atoms with van der Waals surface area (Å²) in [5.74, 6) is 6.72. The molecule has 0 bridgehead atoms. The molecule has 4 aliphatic carbocycles. The van der Waals surface area contributed by atoms with Gasteiger partial charge >= 0.3 is 0 Å². The van der Waals surface area contributed by atoms with Crippen molar-refractivity contribution < 1.29 is 5.11 Å². The van der Waals surface area contributed by atoms with Crippen LogP contribution in [0.3, 0.4) is 0 Å². The van der Waals surface area contributed by atoms with E-state index in [4.69, 9.17) is 4.98 Å². The molecule has 201 valence electrons. The summed E-state index contributed by atoms with van der Waals surface area (Å²) in [7, 11) is 0. The Labute approximate surface area is 221 Å². The van der Waals surface area contributed by atoms with Crippen molar-refractivity contribution in [3.8, 4) is 0 Å². The van der Waals surface area contributed by atoms with Gasteiger partial charge < -0.3 is 10.1 Å². The minimum atomic E-state index is -0.230. The van der Waals surface area contributed by atoms with E-state index < -0.39 is 0 Å². The third-order valence-electron chi connectivity index (χ3n) is 12.2. The van der Waals surface area contributed by atoms with Crippen LogP contribution in [0.2, 0.25) is 0 Å². The summed E-state index contributed by atoms with van der Waals surface area (Å²) < 4.78 is 0. The first-order valence-electron chi connectivity index (χ1n) is 15.4. The van der Waals surface area contributed by atoms with E-state index >= 15 is 0 Å². The van der Waals surface area contributed by atoms with Gasteiger partial charge in [0.25, 0.3) is 0 Å². The molecule has 5 rings (SSSR count). The first kappa shape index (κ1) is 26.5. The largest absolute Gasteiger partial charge is 0.393 e. The molecule has 1 radical (unpaired) electrons. The number of hydrogen-bond acceptors (Lipinski definition) is 2. The minimum absolute atomic E-state index is 0.152. The zero-order chi connectivity index (χ0) is 25.7. The first-order valence-corrected chi connectivity index (χ1v) is 15.4. The molecule has 1 aromatic rings. The van der Waals surface area contributed by atoms with Crippen LogP contribution in [0, 0.1) is 59.2 Å². The van der Waals surface area contributed by atoms with Crippen molar-refractivity contribution in [3.63, 3.8) is 0 Å². The summed E-state index contributed by atoms with van der Waals surface area (Å²) in [5.41, 5.74) is 2.22. The highest BCUT2D eigenvalue weighted by Gasteiger charge is 2.61. The maximum atomic E-state index is 11.0. The van der Waals surface area contributed by atoms with Gasteiger partial charge in [-0.05, 0) is 104 Å². The number of imidazole rings is 1. The lowest BCUT2D eigenvalue weighted by atomic mass is 9.43. The molecular weight excluding hydrogens is 440 g/mol. The van der Waals surface area contributed by atoms with Gasteiger partial charge in [0.05, 0.1) is 6.10 Å². The van der Waals surface area contributed by atoms with Crippen LogP contribution in [-0.2, 0) is 0 Å². The number of fused-ring (bicyclic) bond motifs is 5. The maximum Gasteiger partial charge on any atom is 0.109 e. The number of aromatic amines is 1. The number of nitrogens with zero attached hydrogens (tertiary/aromatic N) is 1. The van der Waals surface area contributed by atoms with Gasteiger partial charge in [-0.15, -0.1) is 0 Å². The van der Waals surface area contributed by atoms with Gasteiger partial charge in [0, 0.05) is 18.3 Å². The molecule has 36 heavy (non-hydrogen) atoms. The smallest absolute Gasteiger partial charge is 0.109 e. The fourth-order valence-corrected chi connectivity index (χ4v) is 10.4. The first-order chi connectivity index (χ1) is 17.2. The molecular formula is C33H53N2O. The van der Waals surface area contributed by atoms with E-state index in [0.29, 0.717) is 11.3 Å². The number of H-pyrrole nitrogens is 1. The number of aromatic nitrogens is 2. The number of aliphatic hydroxyl groups is 1. The Bertz CT molecular complexity index is 905. The second-order valence-corrected chi connectivity index (χ2v) is 14.2. The zero-order valence-electron chi connectivity index (χ0n) is 23.8. The predicted octanol–water partition coefficient (Wildman–Crippen LogP) is 8.35. The molecule has 3 fully saturated rings. The molecule has 3 saturated carbocycles. The van der Waals surface area contributed by atoms with Crippen LogP contribution in [0.1, 0.15) is 117 Å². The number of allylic oxidation sites excluding steroid dienone is 1. The van der Waals surface area contributed by atoms with Crippen LogP contribution < -0.4 is 0 Å². The molecule has 2 unspecified atom stereocenters. The van der Waals surface area contributed by atoms with Gasteiger partial charge in [0.15, 0.2) is 0 Å². The fraction of sp³-hybridized carbons (Fsp3) is 0.818. The van der Waals surface area contributed by atoms with Crippen molar-refractivity contribution in [1.82, 2.24) is 9.97 Å². The molecule has 0 aromatic carbocycles. The number of hydrogen-bond donors (Lipinski definition) is 2. The highest BCUT2D eigenvalue weighted by Crippen LogP contribution is 2.69. The lowest BCUT2D eigenvalue weighted by molar-refractivity contribution is -0.0847. The van der Waals surface area contributed by atoms with Crippen molar-refractivity contribution >= 4 is 0 Å². The van der Waals surface area contributed by atoms with Crippen molar-refractivity contribution in [2.75, 3.05) is 0 Å². The van der Waals surface area contributed by atoms with Crippen LogP contribution in [0.5, 0.6) is 0 Å². The Balaban J connectivity index is 1.41. The fourth-order valence-electron chi connectivity index (χ4n) is 10.4. The highest BCUT2D eigenvalue weighted by molar-refractivity contribution is 5.29. The van der Waals surface area contributed by atoms with Crippen LogP contribution in [0.4, 0.5) is 0 Å². The third kappa shape index (κ3) is 4.34. The summed E-state index contributed by atoms with van der Waals surface area (Å²) in [6.07, 6.45) is 19.8. The molecule has 0 aliphatic heterocycles. The van der Waals surface area contributed by atoms with Crippen molar-refractivity contribution in [1.29, 1.82) is 0 Å². The lowest BCUT2D eigenvalue weighted by Crippen LogP contribution is -2.55. The second-order valence-electron chi connectivity index (χ2n) is 14.2. The van der Waals surface area contributed by atoms with Crippen molar-refractivity contribution in [2.45, 2.75) is 117 Å². The van der Waals surface area contributed by atoms with Crippen LogP contribution in [-0.4, -0.2) is 21.2 Å². The van der Waals surface area contributed by atoms with E-state index in [9.17, 15) is 5.11 Å². The maximum absolute atomic E-state index is 11.0. The van der Waals surface area contributed by atoms with E-state index in [0.717, 1.165) is 60.6 Å². The number of aliphatic hydroxyl groups excluding tert-OH is 1. The Morgan fingerprint density at radius 2 is 1.92 bits per heavy atom. The predicted molar refractivity (Wildman–Crippen MR) is 149 cm³/mol. The topological polar surface area (TPSA) is 48.9 Å². The summed E-state index contributed by atoms with van der Waals surface area (Å²) in [4.78, 5) is 8.11. The van der Waals surface area contributed by atoms with E-state index in [1.165, 1.54) is 51.4 Å². The van der Waals surface area contributed by atoms with Gasteiger partial charge in [-0.3, -0.25) is 0 Å². The lowest BCUT2D eigenvalue weighted by Gasteiger charge is -2.61. The van der Waals surface area contributed by atoms with E-state index in [2.05, 4.69) is 52.6 Å². The molecule has 0 saturated heterocycles. The Morgan fingerprint density at radius 1 is 1.11 bits per heavy atom. The molecule has 1 heterocycles. The highest BCUT2D eigenvalue weighted by atomic mass is 16.3. The molecule has 2 N–H and O–H groups in total. The molecule has 0 amide bonds. The summed E-state index contributed by atoms with van der Waals surface area (Å²) in [5, 5.41) is 11.0. The molecule has 10 atom stereocenters. The molecule has 3 heteroatoms. The van der Waals surface area contributed by atoms with Gasteiger partial charge in [0.1, 0.15) is 5.82 Å². The summed E-state index contributed by atoms with van der Waals surface area (Å²) in [6.45, 7) is 17.0. The van der Waals surface area contributed by atoms with E-state index in [1.807, 2.05) is 12.4 Å².